The van der Waals surface area contributed by atoms with Crippen molar-refractivity contribution in [1.29, 1.82) is 0 Å². The molecule has 3 rings (SSSR count). The van der Waals surface area contributed by atoms with Gasteiger partial charge in [0.15, 0.2) is 11.5 Å². The normalized spacial score (nSPS) is 15.3. The fraction of sp³-hybridized carbons (Fsp3) is 0.238. The first-order valence-corrected chi connectivity index (χ1v) is 9.75. The lowest BCUT2D eigenvalue weighted by Gasteiger charge is -2.16. The van der Waals surface area contributed by atoms with Gasteiger partial charge in [-0.25, -0.2) is 5.01 Å². The van der Waals surface area contributed by atoms with Gasteiger partial charge in [-0.3, -0.25) is 15.0 Å². The number of nitrogens with one attached hydrogen (secondary N) is 1. The first-order chi connectivity index (χ1) is 13.4. The molecule has 2 aromatic carbocycles. The highest BCUT2D eigenvalue weighted by atomic mass is 79.9. The van der Waals surface area contributed by atoms with Crippen molar-refractivity contribution in [2.75, 3.05) is 11.6 Å². The van der Waals surface area contributed by atoms with Gasteiger partial charge in [-0.2, -0.15) is 0 Å². The van der Waals surface area contributed by atoms with Gasteiger partial charge in [0.25, 0.3) is 11.8 Å². The van der Waals surface area contributed by atoms with Crippen LogP contribution >= 0.6 is 15.9 Å². The quantitative estimate of drug-likeness (QED) is 0.537. The molecule has 6 nitrogen and oxygen atoms in total. The molecule has 1 N–H and O–H groups in total. The molecule has 1 aliphatic heterocycles. The summed E-state index contributed by atoms with van der Waals surface area (Å²) in [6.07, 6.45) is 1.53. The number of carbonyl (C=O) groups is 2. The SMILES string of the molecule is CCOc1cc(/C=C2/C(=O)NN(c3ccccc3)C2=O)c(Br)cc1OC(C)C. The Morgan fingerprint density at radius 2 is 1.86 bits per heavy atom. The van der Waals surface area contributed by atoms with Gasteiger partial charge < -0.3 is 9.47 Å². The fourth-order valence-electron chi connectivity index (χ4n) is 2.75. The van der Waals surface area contributed by atoms with Crippen molar-refractivity contribution in [3.63, 3.8) is 0 Å². The van der Waals surface area contributed by atoms with Crippen LogP contribution in [0.3, 0.4) is 0 Å². The number of nitrogens with zero attached hydrogens (tertiary/aromatic N) is 1. The van der Waals surface area contributed by atoms with Gasteiger partial charge in [-0.1, -0.05) is 34.1 Å². The van der Waals surface area contributed by atoms with E-state index in [1.807, 2.05) is 26.8 Å². The van der Waals surface area contributed by atoms with Crippen LogP contribution in [0.25, 0.3) is 6.08 Å². The molecule has 2 amide bonds. The number of amides is 2. The summed E-state index contributed by atoms with van der Waals surface area (Å²) in [5, 5.41) is 1.24. The van der Waals surface area contributed by atoms with Crippen molar-refractivity contribution in [3.05, 3.63) is 58.1 Å². The molecule has 1 heterocycles. The molecular weight excluding hydrogens is 424 g/mol. The number of para-hydroxylation sites is 1. The van der Waals surface area contributed by atoms with Crippen molar-refractivity contribution in [2.45, 2.75) is 26.9 Å². The maximum absolute atomic E-state index is 12.8. The summed E-state index contributed by atoms with van der Waals surface area (Å²) >= 11 is 3.49. The molecule has 28 heavy (non-hydrogen) atoms. The fourth-order valence-corrected chi connectivity index (χ4v) is 3.18. The van der Waals surface area contributed by atoms with E-state index < -0.39 is 11.8 Å². The predicted octanol–water partition coefficient (Wildman–Crippen LogP) is 4.10. The summed E-state index contributed by atoms with van der Waals surface area (Å²) in [4.78, 5) is 25.2. The van der Waals surface area contributed by atoms with Crippen molar-refractivity contribution in [2.24, 2.45) is 0 Å². The number of hydrogen-bond acceptors (Lipinski definition) is 4. The molecule has 0 atom stereocenters. The number of hydrazine groups is 1. The van der Waals surface area contributed by atoms with E-state index in [4.69, 9.17) is 9.47 Å². The Hall–Kier alpha value is -2.80. The zero-order chi connectivity index (χ0) is 20.3. The molecule has 1 aliphatic rings. The van der Waals surface area contributed by atoms with Crippen LogP contribution < -0.4 is 19.9 Å². The number of rotatable bonds is 6. The van der Waals surface area contributed by atoms with Gasteiger partial charge in [-0.15, -0.1) is 0 Å². The molecule has 2 aromatic rings. The minimum atomic E-state index is -0.457. The second-order valence-corrected chi connectivity index (χ2v) is 7.25. The number of halogens is 1. The van der Waals surface area contributed by atoms with E-state index in [9.17, 15) is 9.59 Å². The average molecular weight is 445 g/mol. The van der Waals surface area contributed by atoms with Crippen molar-refractivity contribution in [1.82, 2.24) is 5.43 Å². The van der Waals surface area contributed by atoms with Crippen LogP contribution in [-0.4, -0.2) is 24.5 Å². The Balaban J connectivity index is 1.97. The van der Waals surface area contributed by atoms with E-state index in [-0.39, 0.29) is 11.7 Å². The third-order valence-electron chi connectivity index (χ3n) is 3.93. The van der Waals surface area contributed by atoms with E-state index in [1.54, 1.807) is 42.5 Å². The molecule has 0 radical (unpaired) electrons. The molecule has 1 saturated heterocycles. The Morgan fingerprint density at radius 1 is 1.14 bits per heavy atom. The first-order valence-electron chi connectivity index (χ1n) is 8.96. The van der Waals surface area contributed by atoms with E-state index in [0.29, 0.717) is 33.8 Å². The Morgan fingerprint density at radius 3 is 2.50 bits per heavy atom. The number of hydrogen-bond donors (Lipinski definition) is 1. The maximum Gasteiger partial charge on any atom is 0.282 e. The monoisotopic (exact) mass is 444 g/mol. The lowest BCUT2D eigenvalue weighted by molar-refractivity contribution is -0.117. The first kappa shape index (κ1) is 19.9. The van der Waals surface area contributed by atoms with Crippen molar-refractivity contribution in [3.8, 4) is 11.5 Å². The average Bonchev–Trinajstić information content (AvgIpc) is 2.94. The third-order valence-corrected chi connectivity index (χ3v) is 4.62. The Labute approximate surface area is 172 Å². The molecule has 146 valence electrons. The summed E-state index contributed by atoms with van der Waals surface area (Å²) in [7, 11) is 0. The summed E-state index contributed by atoms with van der Waals surface area (Å²) in [6.45, 7) is 6.21. The van der Waals surface area contributed by atoms with Gasteiger partial charge in [0.05, 0.1) is 18.4 Å². The molecule has 1 fully saturated rings. The third kappa shape index (κ3) is 4.20. The van der Waals surface area contributed by atoms with Gasteiger partial charge in [-0.05, 0) is 56.7 Å². The van der Waals surface area contributed by atoms with Crippen molar-refractivity contribution < 1.29 is 19.1 Å². The van der Waals surface area contributed by atoms with E-state index >= 15 is 0 Å². The van der Waals surface area contributed by atoms with Crippen LogP contribution in [0.2, 0.25) is 0 Å². The second-order valence-electron chi connectivity index (χ2n) is 6.40. The second kappa shape index (κ2) is 8.48. The molecule has 0 spiro atoms. The number of anilines is 1. The predicted molar refractivity (Wildman–Crippen MR) is 111 cm³/mol. The van der Waals surface area contributed by atoms with Gasteiger partial charge in [0.1, 0.15) is 5.57 Å². The maximum atomic E-state index is 12.8. The molecule has 0 aliphatic carbocycles. The lowest BCUT2D eigenvalue weighted by atomic mass is 10.1. The topological polar surface area (TPSA) is 67.9 Å². The lowest BCUT2D eigenvalue weighted by Crippen LogP contribution is -2.35. The summed E-state index contributed by atoms with van der Waals surface area (Å²) in [6, 6.07) is 12.5. The van der Waals surface area contributed by atoms with E-state index in [2.05, 4.69) is 21.4 Å². The molecule has 7 heteroatoms. The van der Waals surface area contributed by atoms with Crippen LogP contribution in [0.4, 0.5) is 5.69 Å². The number of ether oxygens (including phenoxy) is 2. The highest BCUT2D eigenvalue weighted by Crippen LogP contribution is 2.36. The van der Waals surface area contributed by atoms with Gasteiger partial charge >= 0.3 is 0 Å². The highest BCUT2D eigenvalue weighted by Gasteiger charge is 2.34. The van der Waals surface area contributed by atoms with Crippen LogP contribution in [0.15, 0.2) is 52.5 Å². The molecule has 0 saturated carbocycles. The zero-order valence-electron chi connectivity index (χ0n) is 15.9. The van der Waals surface area contributed by atoms with Crippen LogP contribution in [-0.2, 0) is 9.59 Å². The Kier molecular flexibility index (Phi) is 6.04. The van der Waals surface area contributed by atoms with Gasteiger partial charge in [0.2, 0.25) is 0 Å². The van der Waals surface area contributed by atoms with Crippen LogP contribution in [0.5, 0.6) is 11.5 Å². The molecule has 0 unspecified atom stereocenters. The minimum Gasteiger partial charge on any atom is -0.490 e. The minimum absolute atomic E-state index is 0.0167. The molecular formula is C21H21BrN2O4. The summed E-state index contributed by atoms with van der Waals surface area (Å²) < 4.78 is 12.2. The van der Waals surface area contributed by atoms with E-state index in [1.165, 1.54) is 5.01 Å². The highest BCUT2D eigenvalue weighted by molar-refractivity contribution is 9.10. The Bertz CT molecular complexity index is 926. The van der Waals surface area contributed by atoms with E-state index in [0.717, 1.165) is 0 Å². The molecule has 0 aromatic heterocycles. The van der Waals surface area contributed by atoms with Crippen molar-refractivity contribution >= 4 is 39.5 Å². The number of benzene rings is 2. The van der Waals surface area contributed by atoms with Crippen LogP contribution in [0.1, 0.15) is 26.3 Å². The standard InChI is InChI=1S/C21H21BrN2O4/c1-4-27-18-11-14(17(22)12-19(18)28-13(2)3)10-16-20(25)23-24(21(16)26)15-8-6-5-7-9-15/h5-13H,4H2,1-3H3,(H,23,25)/b16-10-. The van der Waals surface area contributed by atoms with Crippen LogP contribution in [0, 0.1) is 0 Å². The largest absolute Gasteiger partial charge is 0.490 e. The summed E-state index contributed by atoms with van der Waals surface area (Å²) in [5.41, 5.74) is 3.88. The number of carbonyl (C=O) groups excluding carboxylic acids is 2. The smallest absolute Gasteiger partial charge is 0.282 e. The zero-order valence-corrected chi connectivity index (χ0v) is 17.4. The van der Waals surface area contributed by atoms with Gasteiger partial charge in [0, 0.05) is 4.47 Å². The molecule has 0 bridgehead atoms. The summed E-state index contributed by atoms with van der Waals surface area (Å²) in [5.74, 6) is 0.279.